The van der Waals surface area contributed by atoms with Crippen LogP contribution in [0.1, 0.15) is 47.4 Å². The van der Waals surface area contributed by atoms with Gasteiger partial charge in [-0.1, -0.05) is 61.5 Å². The Morgan fingerprint density at radius 3 is 2.37 bits per heavy atom. The Labute approximate surface area is 205 Å². The number of piperazine rings is 1. The zero-order valence-electron chi connectivity index (χ0n) is 20.2. The van der Waals surface area contributed by atoms with Gasteiger partial charge in [0.05, 0.1) is 24.3 Å². The number of carbonyl (C=O) groups excluding carboxylic acids is 2. The first kappa shape index (κ1) is 24.6. The molecule has 1 saturated heterocycles. The first-order valence-corrected chi connectivity index (χ1v) is 12.0. The number of rotatable bonds is 9. The minimum absolute atomic E-state index is 0.139. The van der Waals surface area contributed by atoms with E-state index in [1.807, 2.05) is 50.2 Å². The molecule has 0 aliphatic carbocycles. The third-order valence-electron chi connectivity index (χ3n) is 5.93. The quantitative estimate of drug-likeness (QED) is 0.489. The largest absolute Gasteiger partial charge is 0.348 e. The van der Waals surface area contributed by atoms with E-state index < -0.39 is 0 Å². The highest BCUT2D eigenvalue weighted by Crippen LogP contribution is 2.16. The monoisotopic (exact) mass is 476 g/mol. The number of carbonyl (C=O) groups is 2. The van der Waals surface area contributed by atoms with E-state index in [0.717, 1.165) is 37.6 Å². The van der Waals surface area contributed by atoms with Gasteiger partial charge in [-0.05, 0) is 17.7 Å². The summed E-state index contributed by atoms with van der Waals surface area (Å²) in [7, 11) is 0. The summed E-state index contributed by atoms with van der Waals surface area (Å²) in [5.74, 6) is 1.23. The van der Waals surface area contributed by atoms with Gasteiger partial charge in [0.25, 0.3) is 5.91 Å². The van der Waals surface area contributed by atoms with Gasteiger partial charge >= 0.3 is 0 Å². The standard InChI is InChI=1S/C26H32N6O3/c1-19(2)25-29-24(35-30-25)18-32-14-12-31(13-15-32)17-23(33)28-22-11-7-6-10-21(22)26(34)27-16-20-8-4-3-5-9-20/h3-11,19H,12-18H2,1-2H3,(H,27,34)(H,28,33). The number of anilines is 1. The highest BCUT2D eigenvalue weighted by Gasteiger charge is 2.22. The van der Waals surface area contributed by atoms with E-state index in [1.165, 1.54) is 0 Å². The second-order valence-corrected chi connectivity index (χ2v) is 9.02. The van der Waals surface area contributed by atoms with Crippen LogP contribution in [-0.2, 0) is 17.9 Å². The molecule has 3 aromatic rings. The number of nitrogens with zero attached hydrogens (tertiary/aromatic N) is 4. The fourth-order valence-electron chi connectivity index (χ4n) is 3.92. The lowest BCUT2D eigenvalue weighted by Gasteiger charge is -2.33. The van der Waals surface area contributed by atoms with Gasteiger partial charge < -0.3 is 15.2 Å². The van der Waals surface area contributed by atoms with E-state index in [-0.39, 0.29) is 24.3 Å². The van der Waals surface area contributed by atoms with Crippen molar-refractivity contribution in [1.29, 1.82) is 0 Å². The van der Waals surface area contributed by atoms with Gasteiger partial charge in [0, 0.05) is 38.6 Å². The second kappa shape index (κ2) is 11.7. The van der Waals surface area contributed by atoms with Crippen LogP contribution in [0.3, 0.4) is 0 Å². The Morgan fingerprint density at radius 2 is 1.66 bits per heavy atom. The highest BCUT2D eigenvalue weighted by molar-refractivity contribution is 6.04. The average molecular weight is 477 g/mol. The molecule has 1 aliphatic rings. The van der Waals surface area contributed by atoms with Crippen LogP contribution in [0.4, 0.5) is 5.69 Å². The normalized spacial score (nSPS) is 14.7. The fourth-order valence-corrected chi connectivity index (χ4v) is 3.92. The summed E-state index contributed by atoms with van der Waals surface area (Å²) in [5, 5.41) is 9.85. The molecule has 0 spiro atoms. The van der Waals surface area contributed by atoms with Gasteiger partial charge in [-0.25, -0.2) is 0 Å². The molecule has 184 valence electrons. The third kappa shape index (κ3) is 6.97. The summed E-state index contributed by atoms with van der Waals surface area (Å²) in [6, 6.07) is 16.8. The Kier molecular flexibility index (Phi) is 8.23. The van der Waals surface area contributed by atoms with Crippen LogP contribution in [0.15, 0.2) is 59.1 Å². The number of aromatic nitrogens is 2. The van der Waals surface area contributed by atoms with E-state index in [2.05, 4.69) is 30.6 Å². The number of benzene rings is 2. The first-order chi connectivity index (χ1) is 17.0. The molecule has 2 amide bonds. The van der Waals surface area contributed by atoms with Crippen LogP contribution >= 0.6 is 0 Å². The fraction of sp³-hybridized carbons (Fsp3) is 0.385. The molecule has 1 fully saturated rings. The van der Waals surface area contributed by atoms with Crippen molar-refractivity contribution in [3.05, 3.63) is 77.4 Å². The van der Waals surface area contributed by atoms with E-state index in [0.29, 0.717) is 30.2 Å². The lowest BCUT2D eigenvalue weighted by molar-refractivity contribution is -0.117. The van der Waals surface area contributed by atoms with Crippen LogP contribution in [0.2, 0.25) is 0 Å². The molecule has 0 atom stereocenters. The summed E-state index contributed by atoms with van der Waals surface area (Å²) in [5.41, 5.74) is 1.97. The Bertz CT molecular complexity index is 1120. The van der Waals surface area contributed by atoms with E-state index >= 15 is 0 Å². The van der Waals surface area contributed by atoms with Gasteiger partial charge in [0.1, 0.15) is 0 Å². The average Bonchev–Trinajstić information content (AvgIpc) is 3.34. The minimum atomic E-state index is -0.222. The van der Waals surface area contributed by atoms with Crippen molar-refractivity contribution in [3.8, 4) is 0 Å². The first-order valence-electron chi connectivity index (χ1n) is 12.0. The molecule has 2 aromatic carbocycles. The Morgan fingerprint density at radius 1 is 0.971 bits per heavy atom. The van der Waals surface area contributed by atoms with Crippen molar-refractivity contribution in [2.45, 2.75) is 32.9 Å². The predicted molar refractivity (Wildman–Crippen MR) is 133 cm³/mol. The number of hydrogen-bond donors (Lipinski definition) is 2. The summed E-state index contributed by atoms with van der Waals surface area (Å²) in [6.07, 6.45) is 0. The van der Waals surface area contributed by atoms with Crippen LogP contribution in [0, 0.1) is 0 Å². The topological polar surface area (TPSA) is 104 Å². The van der Waals surface area contributed by atoms with Crippen LogP contribution in [-0.4, -0.2) is 64.5 Å². The third-order valence-corrected chi connectivity index (χ3v) is 5.93. The van der Waals surface area contributed by atoms with Crippen molar-refractivity contribution in [2.75, 3.05) is 38.0 Å². The summed E-state index contributed by atoms with van der Waals surface area (Å²) < 4.78 is 5.35. The number of hydrogen-bond acceptors (Lipinski definition) is 7. The number of nitrogens with one attached hydrogen (secondary N) is 2. The minimum Gasteiger partial charge on any atom is -0.348 e. The molecule has 1 aliphatic heterocycles. The van der Waals surface area contributed by atoms with E-state index in [9.17, 15) is 9.59 Å². The maximum absolute atomic E-state index is 12.7. The molecular weight excluding hydrogens is 444 g/mol. The van der Waals surface area contributed by atoms with E-state index in [1.54, 1.807) is 18.2 Å². The molecule has 0 bridgehead atoms. The van der Waals surface area contributed by atoms with Crippen molar-refractivity contribution in [1.82, 2.24) is 25.3 Å². The molecule has 0 saturated carbocycles. The van der Waals surface area contributed by atoms with Crippen molar-refractivity contribution < 1.29 is 14.1 Å². The van der Waals surface area contributed by atoms with Crippen molar-refractivity contribution in [3.63, 3.8) is 0 Å². The number of para-hydroxylation sites is 1. The van der Waals surface area contributed by atoms with Gasteiger partial charge in [-0.2, -0.15) is 4.98 Å². The lowest BCUT2D eigenvalue weighted by Crippen LogP contribution is -2.48. The zero-order valence-corrected chi connectivity index (χ0v) is 20.2. The molecule has 1 aromatic heterocycles. The molecule has 2 N–H and O–H groups in total. The van der Waals surface area contributed by atoms with Gasteiger partial charge in [-0.15, -0.1) is 0 Å². The van der Waals surface area contributed by atoms with E-state index in [4.69, 9.17) is 4.52 Å². The van der Waals surface area contributed by atoms with Crippen LogP contribution < -0.4 is 10.6 Å². The zero-order chi connectivity index (χ0) is 24.6. The maximum atomic E-state index is 12.7. The molecule has 35 heavy (non-hydrogen) atoms. The Balaban J connectivity index is 1.25. The van der Waals surface area contributed by atoms with Gasteiger partial charge in [0.15, 0.2) is 5.82 Å². The molecule has 9 nitrogen and oxygen atoms in total. The van der Waals surface area contributed by atoms with Crippen LogP contribution in [0.25, 0.3) is 0 Å². The van der Waals surface area contributed by atoms with Gasteiger partial charge in [0.2, 0.25) is 11.8 Å². The molecule has 0 unspecified atom stereocenters. The SMILES string of the molecule is CC(C)c1noc(CN2CCN(CC(=O)Nc3ccccc3C(=O)NCc3ccccc3)CC2)n1. The smallest absolute Gasteiger partial charge is 0.253 e. The Hall–Kier alpha value is -3.56. The molecule has 2 heterocycles. The maximum Gasteiger partial charge on any atom is 0.253 e. The second-order valence-electron chi connectivity index (χ2n) is 9.02. The molecule has 4 rings (SSSR count). The van der Waals surface area contributed by atoms with Crippen molar-refractivity contribution in [2.24, 2.45) is 0 Å². The highest BCUT2D eigenvalue weighted by atomic mass is 16.5. The van der Waals surface area contributed by atoms with Gasteiger partial charge in [-0.3, -0.25) is 19.4 Å². The summed E-state index contributed by atoms with van der Waals surface area (Å²) >= 11 is 0. The molecular formula is C26H32N6O3. The van der Waals surface area contributed by atoms with Crippen LogP contribution in [0.5, 0.6) is 0 Å². The van der Waals surface area contributed by atoms with Crippen molar-refractivity contribution >= 4 is 17.5 Å². The lowest BCUT2D eigenvalue weighted by atomic mass is 10.1. The molecule has 0 radical (unpaired) electrons. The summed E-state index contributed by atoms with van der Waals surface area (Å²) in [6.45, 7) is 8.53. The predicted octanol–water partition coefficient (Wildman–Crippen LogP) is 2.88. The summed E-state index contributed by atoms with van der Waals surface area (Å²) in [4.78, 5) is 34.3. The molecule has 9 heteroatoms. The number of amides is 2.